The zero-order chi connectivity index (χ0) is 15.3. The lowest BCUT2D eigenvalue weighted by Crippen LogP contribution is -2.28. The summed E-state index contributed by atoms with van der Waals surface area (Å²) in [7, 11) is 0. The minimum atomic E-state index is -0.458. The Kier molecular flexibility index (Phi) is 5.25. The van der Waals surface area contributed by atoms with Crippen LogP contribution in [-0.4, -0.2) is 16.8 Å². The van der Waals surface area contributed by atoms with Crippen LogP contribution < -0.4 is 10.6 Å². The van der Waals surface area contributed by atoms with Crippen molar-refractivity contribution in [2.75, 3.05) is 10.6 Å². The van der Waals surface area contributed by atoms with Gasteiger partial charge in [-0.05, 0) is 25.0 Å². The summed E-state index contributed by atoms with van der Waals surface area (Å²) in [6.07, 6.45) is 2.84. The second-order valence-electron chi connectivity index (χ2n) is 5.89. The first-order valence-corrected chi connectivity index (χ1v) is 6.82. The molecule has 2 N–H and O–H groups in total. The van der Waals surface area contributed by atoms with Gasteiger partial charge in [-0.2, -0.15) is 0 Å². The predicted octanol–water partition coefficient (Wildman–Crippen LogP) is 3.11. The lowest BCUT2D eigenvalue weighted by atomic mass is 9.95. The highest BCUT2D eigenvalue weighted by molar-refractivity contribution is 5.95. The molecule has 0 unspecified atom stereocenters. The van der Waals surface area contributed by atoms with Crippen LogP contribution in [0.4, 0.5) is 11.5 Å². The van der Waals surface area contributed by atoms with E-state index in [-0.39, 0.29) is 11.8 Å². The van der Waals surface area contributed by atoms with Gasteiger partial charge in [0.2, 0.25) is 11.8 Å². The lowest BCUT2D eigenvalue weighted by Gasteiger charge is -2.18. The molecule has 0 spiro atoms. The van der Waals surface area contributed by atoms with Gasteiger partial charge in [0.15, 0.2) is 0 Å². The molecule has 0 bridgehead atoms. The molecule has 20 heavy (non-hydrogen) atoms. The highest BCUT2D eigenvalue weighted by Crippen LogP contribution is 2.21. The zero-order valence-corrected chi connectivity index (χ0v) is 12.8. The summed E-state index contributed by atoms with van der Waals surface area (Å²) >= 11 is 0. The SMILES string of the molecule is CCCC(=O)Nc1cc(C)c(NC(=O)C(C)(C)C)cn1. The van der Waals surface area contributed by atoms with E-state index in [0.717, 1.165) is 12.0 Å². The van der Waals surface area contributed by atoms with Crippen molar-refractivity contribution in [3.63, 3.8) is 0 Å². The molecule has 1 aromatic rings. The Labute approximate surface area is 120 Å². The molecule has 0 aliphatic rings. The monoisotopic (exact) mass is 277 g/mol. The highest BCUT2D eigenvalue weighted by Gasteiger charge is 2.21. The minimum absolute atomic E-state index is 0.0501. The van der Waals surface area contributed by atoms with Gasteiger partial charge >= 0.3 is 0 Å². The van der Waals surface area contributed by atoms with Crippen LogP contribution in [0.25, 0.3) is 0 Å². The molecule has 0 aromatic carbocycles. The van der Waals surface area contributed by atoms with Crippen LogP contribution in [0.3, 0.4) is 0 Å². The van der Waals surface area contributed by atoms with Gasteiger partial charge in [-0.25, -0.2) is 4.98 Å². The van der Waals surface area contributed by atoms with E-state index in [4.69, 9.17) is 0 Å². The van der Waals surface area contributed by atoms with Crippen molar-refractivity contribution < 1.29 is 9.59 Å². The number of rotatable bonds is 4. The molecule has 0 radical (unpaired) electrons. The van der Waals surface area contributed by atoms with Gasteiger partial charge in [0.25, 0.3) is 0 Å². The van der Waals surface area contributed by atoms with Crippen LogP contribution in [0.1, 0.15) is 46.1 Å². The lowest BCUT2D eigenvalue weighted by molar-refractivity contribution is -0.123. The molecule has 1 heterocycles. The normalized spacial score (nSPS) is 11.1. The summed E-state index contributed by atoms with van der Waals surface area (Å²) < 4.78 is 0. The maximum absolute atomic E-state index is 11.9. The predicted molar refractivity (Wildman–Crippen MR) is 80.6 cm³/mol. The zero-order valence-electron chi connectivity index (χ0n) is 12.8. The molecule has 1 rings (SSSR count). The Bertz CT molecular complexity index is 504. The maximum atomic E-state index is 11.9. The molecular weight excluding hydrogens is 254 g/mol. The van der Waals surface area contributed by atoms with Crippen LogP contribution in [0.5, 0.6) is 0 Å². The fourth-order valence-electron chi connectivity index (χ4n) is 1.50. The van der Waals surface area contributed by atoms with Crippen LogP contribution in [0.2, 0.25) is 0 Å². The number of nitrogens with zero attached hydrogens (tertiary/aromatic N) is 1. The Balaban J connectivity index is 2.78. The van der Waals surface area contributed by atoms with E-state index in [0.29, 0.717) is 17.9 Å². The van der Waals surface area contributed by atoms with Crippen LogP contribution in [0, 0.1) is 12.3 Å². The van der Waals surface area contributed by atoms with Crippen molar-refractivity contribution in [1.82, 2.24) is 4.98 Å². The van der Waals surface area contributed by atoms with Crippen molar-refractivity contribution in [3.05, 3.63) is 17.8 Å². The van der Waals surface area contributed by atoms with Gasteiger partial charge in [0.05, 0.1) is 11.9 Å². The first kappa shape index (κ1) is 16.1. The molecule has 1 aromatic heterocycles. The van der Waals surface area contributed by atoms with E-state index in [1.54, 1.807) is 12.3 Å². The van der Waals surface area contributed by atoms with Crippen LogP contribution in [-0.2, 0) is 9.59 Å². The maximum Gasteiger partial charge on any atom is 0.229 e. The number of anilines is 2. The summed E-state index contributed by atoms with van der Waals surface area (Å²) in [6.45, 7) is 9.37. The third-order valence-electron chi connectivity index (χ3n) is 2.78. The number of amides is 2. The van der Waals surface area contributed by atoms with E-state index >= 15 is 0 Å². The largest absolute Gasteiger partial charge is 0.324 e. The van der Waals surface area contributed by atoms with E-state index < -0.39 is 5.41 Å². The molecule has 0 saturated carbocycles. The molecule has 0 aliphatic heterocycles. The van der Waals surface area contributed by atoms with Gasteiger partial charge in [-0.15, -0.1) is 0 Å². The van der Waals surface area contributed by atoms with Gasteiger partial charge in [0, 0.05) is 11.8 Å². The highest BCUT2D eigenvalue weighted by atomic mass is 16.2. The summed E-state index contributed by atoms with van der Waals surface area (Å²) in [6, 6.07) is 1.76. The molecule has 5 nitrogen and oxygen atoms in total. The van der Waals surface area contributed by atoms with E-state index in [2.05, 4.69) is 15.6 Å². The second kappa shape index (κ2) is 6.50. The van der Waals surface area contributed by atoms with Crippen molar-refractivity contribution in [2.45, 2.75) is 47.5 Å². The summed E-state index contributed by atoms with van der Waals surface area (Å²) in [5.41, 5.74) is 1.07. The van der Waals surface area contributed by atoms with Crippen LogP contribution in [0.15, 0.2) is 12.3 Å². The minimum Gasteiger partial charge on any atom is -0.324 e. The Morgan fingerprint density at radius 2 is 1.90 bits per heavy atom. The fraction of sp³-hybridized carbons (Fsp3) is 0.533. The Hall–Kier alpha value is -1.91. The average Bonchev–Trinajstić information content (AvgIpc) is 2.31. The standard InChI is InChI=1S/C15H23N3O2/c1-6-7-13(19)18-12-8-10(2)11(9-16-12)17-14(20)15(3,4)5/h8-9H,6-7H2,1-5H3,(H,17,20)(H,16,18,19). The van der Waals surface area contributed by atoms with E-state index in [1.807, 2.05) is 34.6 Å². The number of carbonyl (C=O) groups excluding carboxylic acids is 2. The number of pyridine rings is 1. The van der Waals surface area contributed by atoms with Crippen molar-refractivity contribution >= 4 is 23.3 Å². The van der Waals surface area contributed by atoms with Gasteiger partial charge < -0.3 is 10.6 Å². The molecule has 0 aliphatic carbocycles. The smallest absolute Gasteiger partial charge is 0.229 e. The third-order valence-corrected chi connectivity index (χ3v) is 2.78. The summed E-state index contributed by atoms with van der Waals surface area (Å²) in [5, 5.41) is 5.57. The molecule has 110 valence electrons. The topological polar surface area (TPSA) is 71.1 Å². The van der Waals surface area contributed by atoms with Crippen molar-refractivity contribution in [1.29, 1.82) is 0 Å². The number of carbonyl (C=O) groups is 2. The number of hydrogen-bond donors (Lipinski definition) is 2. The molecular formula is C15H23N3O2. The Morgan fingerprint density at radius 3 is 2.40 bits per heavy atom. The summed E-state index contributed by atoms with van der Waals surface area (Å²) in [4.78, 5) is 27.6. The van der Waals surface area contributed by atoms with Gasteiger partial charge in [-0.3, -0.25) is 9.59 Å². The molecule has 0 atom stereocenters. The quantitative estimate of drug-likeness (QED) is 0.888. The number of aromatic nitrogens is 1. The third kappa shape index (κ3) is 4.64. The average molecular weight is 277 g/mol. The number of aryl methyl sites for hydroxylation is 1. The fourth-order valence-corrected chi connectivity index (χ4v) is 1.50. The van der Waals surface area contributed by atoms with Crippen molar-refractivity contribution in [3.8, 4) is 0 Å². The first-order chi connectivity index (χ1) is 9.24. The first-order valence-electron chi connectivity index (χ1n) is 6.82. The van der Waals surface area contributed by atoms with Crippen molar-refractivity contribution in [2.24, 2.45) is 5.41 Å². The number of hydrogen-bond acceptors (Lipinski definition) is 3. The number of nitrogens with one attached hydrogen (secondary N) is 2. The van der Waals surface area contributed by atoms with Crippen LogP contribution >= 0.6 is 0 Å². The second-order valence-corrected chi connectivity index (χ2v) is 5.89. The van der Waals surface area contributed by atoms with Gasteiger partial charge in [0.1, 0.15) is 5.82 Å². The molecule has 2 amide bonds. The Morgan fingerprint density at radius 1 is 1.25 bits per heavy atom. The molecule has 0 saturated heterocycles. The molecule has 0 fully saturated rings. The van der Waals surface area contributed by atoms with Gasteiger partial charge in [-0.1, -0.05) is 27.7 Å². The molecule has 5 heteroatoms. The van der Waals surface area contributed by atoms with E-state index in [1.165, 1.54) is 0 Å². The summed E-state index contributed by atoms with van der Waals surface area (Å²) in [5.74, 6) is 0.394. The van der Waals surface area contributed by atoms with E-state index in [9.17, 15) is 9.59 Å².